The van der Waals surface area contributed by atoms with Crippen LogP contribution in [-0.4, -0.2) is 20.4 Å². The van der Waals surface area contributed by atoms with Crippen LogP contribution in [0.15, 0.2) is 59.2 Å². The molecule has 2 heterocycles. The fourth-order valence-corrected chi connectivity index (χ4v) is 3.53. The number of halogens is 3. The molecule has 0 saturated heterocycles. The van der Waals surface area contributed by atoms with Crippen molar-refractivity contribution in [2.75, 3.05) is 10.6 Å². The van der Waals surface area contributed by atoms with Crippen molar-refractivity contribution in [2.24, 2.45) is 7.05 Å². The van der Waals surface area contributed by atoms with Crippen LogP contribution in [0.3, 0.4) is 0 Å². The number of nitrogens with zero attached hydrogens (tertiary/aromatic N) is 3. The van der Waals surface area contributed by atoms with Gasteiger partial charge in [-0.05, 0) is 42.5 Å². The van der Waals surface area contributed by atoms with Crippen LogP contribution in [-0.2, 0) is 7.05 Å². The van der Waals surface area contributed by atoms with E-state index in [1.165, 1.54) is 6.20 Å². The van der Waals surface area contributed by atoms with Crippen molar-refractivity contribution in [2.45, 2.75) is 0 Å². The molecule has 1 amide bonds. The molecule has 2 aromatic heterocycles. The Morgan fingerprint density at radius 2 is 1.79 bits per heavy atom. The van der Waals surface area contributed by atoms with Gasteiger partial charge in [0, 0.05) is 23.4 Å². The fourth-order valence-electron chi connectivity index (χ4n) is 2.78. The lowest BCUT2D eigenvalue weighted by atomic mass is 10.2. The number of hydrogen-bond donors (Lipinski definition) is 2. The van der Waals surface area contributed by atoms with Gasteiger partial charge in [0.2, 0.25) is 5.95 Å². The van der Waals surface area contributed by atoms with Crippen molar-refractivity contribution >= 4 is 73.5 Å². The summed E-state index contributed by atoms with van der Waals surface area (Å²) >= 11 is 15.8. The molecular formula is C20H14BrCl2N5O. The number of nitrogens with one attached hydrogen (secondary N) is 2. The Balaban J connectivity index is 1.63. The molecule has 0 aliphatic carbocycles. The van der Waals surface area contributed by atoms with E-state index in [1.54, 1.807) is 28.8 Å². The Morgan fingerprint density at radius 3 is 2.48 bits per heavy atom. The predicted molar refractivity (Wildman–Crippen MR) is 120 cm³/mol. The molecule has 6 nitrogen and oxygen atoms in total. The van der Waals surface area contributed by atoms with E-state index < -0.39 is 0 Å². The lowest BCUT2D eigenvalue weighted by molar-refractivity contribution is 0.102. The number of carbonyl (C=O) groups excluding carboxylic acids is 1. The molecule has 0 radical (unpaired) electrons. The predicted octanol–water partition coefficient (Wildman–Crippen LogP) is 6.03. The first kappa shape index (κ1) is 19.7. The summed E-state index contributed by atoms with van der Waals surface area (Å²) in [6.07, 6.45) is 1.52. The number of amides is 1. The molecule has 2 aromatic carbocycles. The number of aromatic nitrogens is 3. The summed E-state index contributed by atoms with van der Waals surface area (Å²) in [5.74, 6) is 0.240. The molecule has 0 atom stereocenters. The number of carbonyl (C=O) groups is 1. The van der Waals surface area contributed by atoms with E-state index in [2.05, 4.69) is 36.5 Å². The lowest BCUT2D eigenvalue weighted by Gasteiger charge is -2.09. The van der Waals surface area contributed by atoms with Crippen molar-refractivity contribution in [1.82, 2.24) is 14.5 Å². The SMILES string of the molecule is Cn1c(Nc2c(Cl)cccc2Cl)nc2cc(C(=O)Nc3ccc(Br)cc3)cnc21. The summed E-state index contributed by atoms with van der Waals surface area (Å²) < 4.78 is 2.71. The Morgan fingerprint density at radius 1 is 1.10 bits per heavy atom. The number of benzene rings is 2. The smallest absolute Gasteiger partial charge is 0.257 e. The maximum absolute atomic E-state index is 12.6. The van der Waals surface area contributed by atoms with Gasteiger partial charge in [-0.3, -0.25) is 9.36 Å². The molecule has 0 bridgehead atoms. The van der Waals surface area contributed by atoms with E-state index in [0.29, 0.717) is 44.1 Å². The van der Waals surface area contributed by atoms with Crippen molar-refractivity contribution < 1.29 is 4.79 Å². The first-order valence-corrected chi connectivity index (χ1v) is 10.1. The second kappa shape index (κ2) is 8.02. The van der Waals surface area contributed by atoms with Gasteiger partial charge in [-0.15, -0.1) is 0 Å². The zero-order valence-electron chi connectivity index (χ0n) is 15.1. The van der Waals surface area contributed by atoms with E-state index in [1.807, 2.05) is 31.3 Å². The maximum Gasteiger partial charge on any atom is 0.257 e. The minimum Gasteiger partial charge on any atom is -0.323 e. The zero-order valence-corrected chi connectivity index (χ0v) is 18.2. The second-order valence-electron chi connectivity index (χ2n) is 6.24. The van der Waals surface area contributed by atoms with Crippen molar-refractivity contribution in [3.8, 4) is 0 Å². The highest BCUT2D eigenvalue weighted by molar-refractivity contribution is 9.10. The van der Waals surface area contributed by atoms with E-state index in [0.717, 1.165) is 4.47 Å². The van der Waals surface area contributed by atoms with Crippen LogP contribution in [0.2, 0.25) is 10.0 Å². The van der Waals surface area contributed by atoms with Crippen LogP contribution in [0.1, 0.15) is 10.4 Å². The van der Waals surface area contributed by atoms with Gasteiger partial charge in [0.1, 0.15) is 5.52 Å². The molecule has 4 rings (SSSR count). The molecule has 0 aliphatic rings. The molecule has 146 valence electrons. The van der Waals surface area contributed by atoms with Crippen LogP contribution in [0.5, 0.6) is 0 Å². The Kier molecular flexibility index (Phi) is 5.45. The highest BCUT2D eigenvalue weighted by Gasteiger charge is 2.15. The summed E-state index contributed by atoms with van der Waals surface area (Å²) in [4.78, 5) is 21.5. The van der Waals surface area contributed by atoms with Gasteiger partial charge in [0.05, 0.1) is 21.3 Å². The number of rotatable bonds is 4. The molecule has 0 aliphatic heterocycles. The quantitative estimate of drug-likeness (QED) is 0.366. The molecule has 0 fully saturated rings. The largest absolute Gasteiger partial charge is 0.323 e. The van der Waals surface area contributed by atoms with Crippen molar-refractivity contribution in [3.05, 3.63) is 74.8 Å². The lowest BCUT2D eigenvalue weighted by Crippen LogP contribution is -2.12. The molecule has 2 N–H and O–H groups in total. The maximum atomic E-state index is 12.6. The van der Waals surface area contributed by atoms with Gasteiger partial charge in [0.15, 0.2) is 5.65 Å². The van der Waals surface area contributed by atoms with E-state index in [4.69, 9.17) is 23.2 Å². The number of anilines is 3. The Labute approximate surface area is 185 Å². The van der Waals surface area contributed by atoms with Crippen molar-refractivity contribution in [1.29, 1.82) is 0 Å². The first-order chi connectivity index (χ1) is 13.9. The fraction of sp³-hybridized carbons (Fsp3) is 0.0500. The minimum atomic E-state index is -0.268. The number of para-hydroxylation sites is 1. The molecule has 4 aromatic rings. The topological polar surface area (TPSA) is 71.8 Å². The van der Waals surface area contributed by atoms with Gasteiger partial charge in [-0.1, -0.05) is 45.2 Å². The molecule has 9 heteroatoms. The zero-order chi connectivity index (χ0) is 20.5. The monoisotopic (exact) mass is 489 g/mol. The number of pyridine rings is 1. The van der Waals surface area contributed by atoms with E-state index >= 15 is 0 Å². The summed E-state index contributed by atoms with van der Waals surface area (Å²) in [7, 11) is 1.82. The standard InChI is InChI=1S/C20H14BrCl2N5O/c1-28-18-16(26-20(28)27-17-14(22)3-2-4-15(17)23)9-11(10-24-18)19(29)25-13-7-5-12(21)6-8-13/h2-10H,1H3,(H,25,29)(H,26,27). The minimum absolute atomic E-state index is 0.268. The van der Waals surface area contributed by atoms with E-state index in [-0.39, 0.29) is 5.91 Å². The first-order valence-electron chi connectivity index (χ1n) is 8.53. The van der Waals surface area contributed by atoms with Gasteiger partial charge in [-0.25, -0.2) is 9.97 Å². The van der Waals surface area contributed by atoms with Gasteiger partial charge < -0.3 is 10.6 Å². The van der Waals surface area contributed by atoms with Crippen LogP contribution < -0.4 is 10.6 Å². The second-order valence-corrected chi connectivity index (χ2v) is 7.97. The highest BCUT2D eigenvalue weighted by atomic mass is 79.9. The summed E-state index contributed by atoms with van der Waals surface area (Å²) in [5.41, 5.74) is 2.84. The number of fused-ring (bicyclic) bond motifs is 1. The average Bonchev–Trinajstić information content (AvgIpc) is 3.01. The number of imidazole rings is 1. The molecule has 0 spiro atoms. The van der Waals surface area contributed by atoms with Crippen LogP contribution in [0, 0.1) is 0 Å². The summed E-state index contributed by atoms with van der Waals surface area (Å²) in [6.45, 7) is 0. The third-order valence-electron chi connectivity index (χ3n) is 4.27. The van der Waals surface area contributed by atoms with Crippen LogP contribution in [0.4, 0.5) is 17.3 Å². The Hall–Kier alpha value is -2.61. The van der Waals surface area contributed by atoms with Crippen molar-refractivity contribution in [3.63, 3.8) is 0 Å². The van der Waals surface area contributed by atoms with Gasteiger partial charge in [0.25, 0.3) is 5.91 Å². The Bertz CT molecular complexity index is 1200. The third kappa shape index (κ3) is 4.07. The van der Waals surface area contributed by atoms with Crippen LogP contribution in [0.25, 0.3) is 11.2 Å². The molecule has 0 unspecified atom stereocenters. The van der Waals surface area contributed by atoms with Crippen LogP contribution >= 0.6 is 39.1 Å². The molecule has 29 heavy (non-hydrogen) atoms. The number of aryl methyl sites for hydroxylation is 1. The van der Waals surface area contributed by atoms with E-state index in [9.17, 15) is 4.79 Å². The third-order valence-corrected chi connectivity index (χ3v) is 5.43. The average molecular weight is 491 g/mol. The highest BCUT2D eigenvalue weighted by Crippen LogP contribution is 2.33. The number of hydrogen-bond acceptors (Lipinski definition) is 4. The summed E-state index contributed by atoms with van der Waals surface area (Å²) in [5, 5.41) is 6.93. The van der Waals surface area contributed by atoms with Gasteiger partial charge in [-0.2, -0.15) is 0 Å². The molecule has 0 saturated carbocycles. The molecular weight excluding hydrogens is 477 g/mol. The normalized spacial score (nSPS) is 10.9. The van der Waals surface area contributed by atoms with Gasteiger partial charge >= 0.3 is 0 Å². The summed E-state index contributed by atoms with van der Waals surface area (Å²) in [6, 6.07) is 14.3.